The third-order valence-corrected chi connectivity index (χ3v) is 7.70. The number of hydrogen-bond donors (Lipinski definition) is 1. The van der Waals surface area contributed by atoms with Gasteiger partial charge in [-0.3, -0.25) is 14.5 Å². The van der Waals surface area contributed by atoms with E-state index in [1.165, 1.54) is 12.8 Å². The summed E-state index contributed by atoms with van der Waals surface area (Å²) in [7, 11) is 0. The van der Waals surface area contributed by atoms with Crippen LogP contribution in [0.5, 0.6) is 0 Å². The average Bonchev–Trinajstić information content (AvgIpc) is 3.44. The van der Waals surface area contributed by atoms with Crippen LogP contribution in [0, 0.1) is 0 Å². The fourth-order valence-electron chi connectivity index (χ4n) is 5.59. The molecule has 5 rings (SSSR count). The maximum atomic E-state index is 13.9. The molecule has 34 heavy (non-hydrogen) atoms. The summed E-state index contributed by atoms with van der Waals surface area (Å²) in [6, 6.07) is 7.68. The van der Waals surface area contributed by atoms with Crippen LogP contribution in [-0.2, 0) is 16.1 Å². The second-order valence-electron chi connectivity index (χ2n) is 10.0. The van der Waals surface area contributed by atoms with Crippen molar-refractivity contribution in [2.24, 2.45) is 0 Å². The molecule has 8 nitrogen and oxygen atoms in total. The monoisotopic (exact) mass is 468 g/mol. The normalized spacial score (nSPS) is 24.6. The number of carbonyl (C=O) groups excluding carboxylic acids is 2. The fraction of sp³-hybridized carbons (Fsp3) is 0.615. The van der Waals surface area contributed by atoms with Crippen molar-refractivity contribution in [3.8, 4) is 11.5 Å². The molecule has 3 aliphatic rings. The maximum absolute atomic E-state index is 13.9. The van der Waals surface area contributed by atoms with Gasteiger partial charge < -0.3 is 23.9 Å². The number of ether oxygens (including phenoxy) is 1. The molecule has 184 valence electrons. The Kier molecular flexibility index (Phi) is 6.79. The van der Waals surface area contributed by atoms with Crippen LogP contribution in [0.15, 0.2) is 34.9 Å². The molecule has 2 aliphatic heterocycles. The van der Waals surface area contributed by atoms with Gasteiger partial charge in [0.25, 0.3) is 5.91 Å². The number of aromatic nitrogens is 1. The molecule has 0 spiro atoms. The lowest BCUT2D eigenvalue weighted by Crippen LogP contribution is -2.66. The quantitative estimate of drug-likeness (QED) is 0.659. The van der Waals surface area contributed by atoms with Gasteiger partial charge in [0.2, 0.25) is 5.91 Å². The number of nitrogens with one attached hydrogen (secondary N) is 1. The Morgan fingerprint density at radius 2 is 1.79 bits per heavy atom. The molecule has 2 aromatic rings. The Bertz CT molecular complexity index is 987. The standard InChI is InChI=1S/C26H36N4O4/c1-26(25(32)27-20-7-4-2-3-5-8-20)19-29-21(23-9-6-16-34-23)10-11-22(29)24(31)30(26)13-12-28-14-17-33-18-15-28/h6,9-11,16,20H,2-5,7-8,12-15,17-19H2,1H3,(H,27,32)/t26-/m0/s1. The number of hydrogen-bond acceptors (Lipinski definition) is 5. The zero-order chi connectivity index (χ0) is 23.5. The van der Waals surface area contributed by atoms with Gasteiger partial charge in [-0.1, -0.05) is 25.7 Å². The number of amides is 2. The van der Waals surface area contributed by atoms with Gasteiger partial charge in [-0.2, -0.15) is 0 Å². The Morgan fingerprint density at radius 1 is 1.06 bits per heavy atom. The number of rotatable bonds is 6. The molecule has 1 saturated heterocycles. The van der Waals surface area contributed by atoms with E-state index in [1.54, 1.807) is 11.2 Å². The van der Waals surface area contributed by atoms with E-state index in [2.05, 4.69) is 10.2 Å². The molecule has 0 bridgehead atoms. The van der Waals surface area contributed by atoms with Crippen LogP contribution in [0.25, 0.3) is 11.5 Å². The first-order valence-corrected chi connectivity index (χ1v) is 12.7. The van der Waals surface area contributed by atoms with Gasteiger partial charge in [-0.05, 0) is 44.0 Å². The van der Waals surface area contributed by atoms with E-state index in [-0.39, 0.29) is 17.9 Å². The van der Waals surface area contributed by atoms with Crippen molar-refractivity contribution in [3.05, 3.63) is 36.2 Å². The first-order valence-electron chi connectivity index (χ1n) is 12.7. The predicted molar refractivity (Wildman–Crippen MR) is 128 cm³/mol. The van der Waals surface area contributed by atoms with Crippen molar-refractivity contribution >= 4 is 11.8 Å². The number of nitrogens with zero attached hydrogens (tertiary/aromatic N) is 3. The average molecular weight is 469 g/mol. The van der Waals surface area contributed by atoms with Crippen molar-refractivity contribution in [2.75, 3.05) is 39.4 Å². The lowest BCUT2D eigenvalue weighted by Gasteiger charge is -2.45. The summed E-state index contributed by atoms with van der Waals surface area (Å²) in [6.45, 7) is 6.69. The largest absolute Gasteiger partial charge is 0.463 e. The molecule has 8 heteroatoms. The molecule has 1 atom stereocenters. The Balaban J connectivity index is 1.43. The van der Waals surface area contributed by atoms with Crippen LogP contribution in [0.3, 0.4) is 0 Å². The molecule has 0 aromatic carbocycles. The van der Waals surface area contributed by atoms with Gasteiger partial charge >= 0.3 is 0 Å². The predicted octanol–water partition coefficient (Wildman–Crippen LogP) is 3.13. The Labute approximate surface area is 201 Å². The molecule has 1 saturated carbocycles. The van der Waals surface area contributed by atoms with Crippen LogP contribution in [0.2, 0.25) is 0 Å². The zero-order valence-electron chi connectivity index (χ0n) is 20.1. The summed E-state index contributed by atoms with van der Waals surface area (Å²) in [5.74, 6) is 0.544. The second-order valence-corrected chi connectivity index (χ2v) is 10.0. The van der Waals surface area contributed by atoms with Crippen molar-refractivity contribution < 1.29 is 18.7 Å². The number of furan rings is 1. The minimum absolute atomic E-state index is 0.0560. The second kappa shape index (κ2) is 9.96. The molecule has 2 amide bonds. The molecular weight excluding hydrogens is 432 g/mol. The van der Waals surface area contributed by atoms with Crippen molar-refractivity contribution in [1.82, 2.24) is 19.7 Å². The van der Waals surface area contributed by atoms with Crippen LogP contribution >= 0.6 is 0 Å². The summed E-state index contributed by atoms with van der Waals surface area (Å²) in [5.41, 5.74) is 0.450. The molecule has 1 N–H and O–H groups in total. The van der Waals surface area contributed by atoms with Crippen molar-refractivity contribution in [1.29, 1.82) is 0 Å². The zero-order valence-corrected chi connectivity index (χ0v) is 20.1. The lowest BCUT2D eigenvalue weighted by molar-refractivity contribution is -0.133. The number of fused-ring (bicyclic) bond motifs is 1. The van der Waals surface area contributed by atoms with Crippen LogP contribution in [0.4, 0.5) is 0 Å². The molecule has 0 unspecified atom stereocenters. The number of morpholine rings is 1. The molecule has 1 aliphatic carbocycles. The molecule has 2 fully saturated rings. The third kappa shape index (κ3) is 4.53. The van der Waals surface area contributed by atoms with Crippen LogP contribution < -0.4 is 5.32 Å². The van der Waals surface area contributed by atoms with Gasteiger partial charge in [-0.15, -0.1) is 0 Å². The van der Waals surface area contributed by atoms with E-state index in [4.69, 9.17) is 9.15 Å². The smallest absolute Gasteiger partial charge is 0.271 e. The summed E-state index contributed by atoms with van der Waals surface area (Å²) in [5, 5.41) is 3.33. The first-order chi connectivity index (χ1) is 16.6. The highest BCUT2D eigenvalue weighted by atomic mass is 16.5. The van der Waals surface area contributed by atoms with E-state index in [0.29, 0.717) is 37.8 Å². The fourth-order valence-corrected chi connectivity index (χ4v) is 5.59. The minimum atomic E-state index is -0.983. The van der Waals surface area contributed by atoms with Gasteiger partial charge in [0, 0.05) is 32.2 Å². The third-order valence-electron chi connectivity index (χ3n) is 7.70. The maximum Gasteiger partial charge on any atom is 0.271 e. The molecular formula is C26H36N4O4. The summed E-state index contributed by atoms with van der Waals surface area (Å²) in [4.78, 5) is 31.8. The highest BCUT2D eigenvalue weighted by Crippen LogP contribution is 2.33. The summed E-state index contributed by atoms with van der Waals surface area (Å²) in [6.07, 6.45) is 8.40. The van der Waals surface area contributed by atoms with Crippen molar-refractivity contribution in [3.63, 3.8) is 0 Å². The van der Waals surface area contributed by atoms with E-state index < -0.39 is 5.54 Å². The van der Waals surface area contributed by atoms with Crippen LogP contribution in [-0.4, -0.2) is 77.2 Å². The molecule has 0 radical (unpaired) electrons. The van der Waals surface area contributed by atoms with Gasteiger partial charge in [-0.25, -0.2) is 0 Å². The molecule has 4 heterocycles. The minimum Gasteiger partial charge on any atom is -0.463 e. The summed E-state index contributed by atoms with van der Waals surface area (Å²) < 4.78 is 13.1. The first kappa shape index (κ1) is 23.2. The number of carbonyl (C=O) groups is 2. The van der Waals surface area contributed by atoms with E-state index in [1.807, 2.05) is 35.8 Å². The lowest BCUT2D eigenvalue weighted by atomic mass is 9.93. The van der Waals surface area contributed by atoms with E-state index in [9.17, 15) is 9.59 Å². The summed E-state index contributed by atoms with van der Waals surface area (Å²) >= 11 is 0. The molecule has 2 aromatic heterocycles. The van der Waals surface area contributed by atoms with E-state index >= 15 is 0 Å². The topological polar surface area (TPSA) is 80.0 Å². The Morgan fingerprint density at radius 3 is 2.50 bits per heavy atom. The van der Waals surface area contributed by atoms with Gasteiger partial charge in [0.15, 0.2) is 0 Å². The highest BCUT2D eigenvalue weighted by Gasteiger charge is 2.48. The van der Waals surface area contributed by atoms with Crippen molar-refractivity contribution in [2.45, 2.75) is 63.6 Å². The van der Waals surface area contributed by atoms with Gasteiger partial charge in [0.05, 0.1) is 31.7 Å². The Hall–Kier alpha value is -2.58. The van der Waals surface area contributed by atoms with Gasteiger partial charge in [0.1, 0.15) is 17.0 Å². The van der Waals surface area contributed by atoms with Crippen LogP contribution in [0.1, 0.15) is 55.9 Å². The van der Waals surface area contributed by atoms with E-state index in [0.717, 1.165) is 51.0 Å². The SMILES string of the molecule is C[C@@]1(C(=O)NC2CCCCCC2)Cn2c(ccc2-c2ccco2)C(=O)N1CCN1CCOCC1. The highest BCUT2D eigenvalue weighted by molar-refractivity contribution is 6.00.